The first-order chi connectivity index (χ1) is 16.0. The Morgan fingerprint density at radius 2 is 1.82 bits per heavy atom. The Labute approximate surface area is 197 Å². The van der Waals surface area contributed by atoms with E-state index in [0.29, 0.717) is 24.6 Å². The Morgan fingerprint density at radius 1 is 1.09 bits per heavy atom. The van der Waals surface area contributed by atoms with Crippen molar-refractivity contribution in [2.75, 3.05) is 40.0 Å². The summed E-state index contributed by atoms with van der Waals surface area (Å²) in [6, 6.07) is 15.3. The molecule has 3 atom stereocenters. The summed E-state index contributed by atoms with van der Waals surface area (Å²) in [6.45, 7) is 4.11. The molecule has 0 aliphatic carbocycles. The quantitative estimate of drug-likeness (QED) is 0.683. The number of aliphatic hydroxyl groups is 1. The van der Waals surface area contributed by atoms with Crippen LogP contribution < -0.4 is 0 Å². The SMILES string of the molecule is COCC#Cc1ccc([C@H]2[C@@H](CO)N3CCCCN(S(=O)(=O)c4ccccc4C)C[C@@H]23)cc1. The van der Waals surface area contributed by atoms with Gasteiger partial charge >= 0.3 is 0 Å². The molecule has 2 aliphatic rings. The van der Waals surface area contributed by atoms with Crippen LogP contribution in [-0.4, -0.2) is 74.8 Å². The fourth-order valence-electron chi connectivity index (χ4n) is 5.11. The molecule has 176 valence electrons. The van der Waals surface area contributed by atoms with Crippen LogP contribution in [0.3, 0.4) is 0 Å². The lowest BCUT2D eigenvalue weighted by atomic mass is 9.74. The third-order valence-corrected chi connectivity index (χ3v) is 8.81. The number of rotatable bonds is 5. The molecule has 0 aromatic heterocycles. The van der Waals surface area contributed by atoms with Crippen molar-refractivity contribution in [3.8, 4) is 11.8 Å². The minimum absolute atomic E-state index is 0.00143. The Balaban J connectivity index is 1.60. The molecule has 0 amide bonds. The van der Waals surface area contributed by atoms with E-state index in [2.05, 4.69) is 28.9 Å². The average Bonchev–Trinajstić information content (AvgIpc) is 2.79. The number of nitrogens with zero attached hydrogens (tertiary/aromatic N) is 2. The minimum atomic E-state index is -3.59. The highest BCUT2D eigenvalue weighted by atomic mass is 32.2. The van der Waals surface area contributed by atoms with E-state index >= 15 is 0 Å². The Kier molecular flexibility index (Phi) is 7.52. The topological polar surface area (TPSA) is 70.1 Å². The number of hydrogen-bond acceptors (Lipinski definition) is 5. The van der Waals surface area contributed by atoms with Crippen molar-refractivity contribution in [2.45, 2.75) is 42.7 Å². The summed E-state index contributed by atoms with van der Waals surface area (Å²) >= 11 is 0. The zero-order valence-electron chi connectivity index (χ0n) is 19.3. The van der Waals surface area contributed by atoms with Gasteiger partial charge in [0.15, 0.2) is 0 Å². The van der Waals surface area contributed by atoms with E-state index < -0.39 is 10.0 Å². The highest BCUT2D eigenvalue weighted by Crippen LogP contribution is 2.42. The van der Waals surface area contributed by atoms with Gasteiger partial charge < -0.3 is 9.84 Å². The molecular weight excluding hydrogens is 436 g/mol. The van der Waals surface area contributed by atoms with Gasteiger partial charge in [0.1, 0.15) is 6.61 Å². The normalized spacial score (nSPS) is 24.0. The third kappa shape index (κ3) is 4.86. The predicted octanol–water partition coefficient (Wildman–Crippen LogP) is 2.61. The molecule has 2 aromatic rings. The Hall–Kier alpha value is -2.21. The van der Waals surface area contributed by atoms with Gasteiger partial charge in [-0.1, -0.05) is 42.2 Å². The van der Waals surface area contributed by atoms with E-state index in [4.69, 9.17) is 4.74 Å². The first-order valence-corrected chi connectivity index (χ1v) is 12.9. The van der Waals surface area contributed by atoms with Crippen molar-refractivity contribution in [2.24, 2.45) is 0 Å². The van der Waals surface area contributed by atoms with E-state index in [1.54, 1.807) is 23.5 Å². The van der Waals surface area contributed by atoms with Crippen LogP contribution in [0, 0.1) is 18.8 Å². The zero-order valence-corrected chi connectivity index (χ0v) is 20.1. The molecule has 2 heterocycles. The molecule has 0 saturated carbocycles. The van der Waals surface area contributed by atoms with Gasteiger partial charge in [-0.05, 0) is 55.6 Å². The van der Waals surface area contributed by atoms with Crippen LogP contribution in [0.25, 0.3) is 0 Å². The van der Waals surface area contributed by atoms with Gasteiger partial charge in [0.25, 0.3) is 0 Å². The highest BCUT2D eigenvalue weighted by molar-refractivity contribution is 7.89. The standard InChI is InChI=1S/C26H32N2O4S/c1-20-8-3-4-10-25(20)33(30,31)27-15-5-6-16-28-23(18-27)26(24(28)19-29)22-13-11-21(12-14-22)9-7-17-32-2/h3-4,8,10-14,23-24,26,29H,5-6,15-19H2,1-2H3/t23-,24+,26+/m0/s1. The molecule has 2 fully saturated rings. The number of aliphatic hydroxyl groups excluding tert-OH is 1. The number of methoxy groups -OCH3 is 1. The first-order valence-electron chi connectivity index (χ1n) is 11.5. The van der Waals surface area contributed by atoms with Crippen LogP contribution in [0.15, 0.2) is 53.4 Å². The highest BCUT2D eigenvalue weighted by Gasteiger charge is 2.50. The fourth-order valence-corrected chi connectivity index (χ4v) is 6.83. The van der Waals surface area contributed by atoms with Gasteiger partial charge in [0, 0.05) is 43.8 Å². The largest absolute Gasteiger partial charge is 0.395 e. The van der Waals surface area contributed by atoms with Crippen molar-refractivity contribution in [3.05, 3.63) is 65.2 Å². The van der Waals surface area contributed by atoms with Gasteiger partial charge in [-0.25, -0.2) is 8.42 Å². The zero-order chi connectivity index (χ0) is 23.4. The first kappa shape index (κ1) is 23.9. The molecule has 6 nitrogen and oxygen atoms in total. The lowest BCUT2D eigenvalue weighted by Gasteiger charge is -2.57. The number of sulfonamides is 1. The van der Waals surface area contributed by atoms with E-state index in [-0.39, 0.29) is 24.6 Å². The molecule has 2 aromatic carbocycles. The molecule has 0 spiro atoms. The molecule has 2 saturated heterocycles. The second-order valence-electron chi connectivity index (χ2n) is 8.77. The van der Waals surface area contributed by atoms with Gasteiger partial charge in [-0.15, -0.1) is 0 Å². The summed E-state index contributed by atoms with van der Waals surface area (Å²) in [6.07, 6.45) is 1.72. The number of aryl methyl sites for hydroxylation is 1. The molecule has 0 unspecified atom stereocenters. The Morgan fingerprint density at radius 3 is 2.52 bits per heavy atom. The maximum atomic E-state index is 13.5. The van der Waals surface area contributed by atoms with E-state index in [0.717, 1.165) is 36.1 Å². The second kappa shape index (κ2) is 10.4. The predicted molar refractivity (Wildman–Crippen MR) is 128 cm³/mol. The Bertz CT molecular complexity index is 1120. The molecule has 2 aliphatic heterocycles. The number of hydrogen-bond donors (Lipinski definition) is 1. The van der Waals surface area contributed by atoms with Crippen molar-refractivity contribution < 1.29 is 18.3 Å². The summed E-state index contributed by atoms with van der Waals surface area (Å²) in [4.78, 5) is 2.67. The minimum Gasteiger partial charge on any atom is -0.395 e. The molecular formula is C26H32N2O4S. The molecule has 33 heavy (non-hydrogen) atoms. The van der Waals surface area contributed by atoms with E-state index in [1.807, 2.05) is 31.2 Å². The molecule has 0 radical (unpaired) electrons. The summed E-state index contributed by atoms with van der Waals surface area (Å²) in [5.74, 6) is 6.11. The van der Waals surface area contributed by atoms with Crippen LogP contribution in [0.5, 0.6) is 0 Å². The van der Waals surface area contributed by atoms with E-state index in [1.165, 1.54) is 0 Å². The number of fused-ring (bicyclic) bond motifs is 1. The van der Waals surface area contributed by atoms with Gasteiger partial charge in [0.2, 0.25) is 10.0 Å². The molecule has 7 heteroatoms. The van der Waals surface area contributed by atoms with Crippen LogP contribution in [-0.2, 0) is 14.8 Å². The lowest BCUT2D eigenvalue weighted by molar-refractivity contribution is -0.0553. The molecule has 4 rings (SSSR count). The van der Waals surface area contributed by atoms with Gasteiger partial charge in [0.05, 0.1) is 11.5 Å². The number of ether oxygens (including phenoxy) is 1. The average molecular weight is 469 g/mol. The third-order valence-electron chi connectivity index (χ3n) is 6.79. The van der Waals surface area contributed by atoms with Gasteiger partial charge in [-0.2, -0.15) is 4.31 Å². The van der Waals surface area contributed by atoms with Crippen molar-refractivity contribution in [1.82, 2.24) is 9.21 Å². The summed E-state index contributed by atoms with van der Waals surface area (Å²) in [5.41, 5.74) is 2.79. The van der Waals surface area contributed by atoms with Crippen molar-refractivity contribution >= 4 is 10.0 Å². The summed E-state index contributed by atoms with van der Waals surface area (Å²) < 4.78 is 33.7. The maximum absolute atomic E-state index is 13.5. The van der Waals surface area contributed by atoms with Gasteiger partial charge in [-0.3, -0.25) is 4.90 Å². The fraction of sp³-hybridized carbons (Fsp3) is 0.462. The number of benzene rings is 2. The van der Waals surface area contributed by atoms with Crippen LogP contribution >= 0.6 is 0 Å². The maximum Gasteiger partial charge on any atom is 0.243 e. The molecule has 0 bridgehead atoms. The smallest absolute Gasteiger partial charge is 0.243 e. The lowest BCUT2D eigenvalue weighted by Crippen LogP contribution is -2.67. The summed E-state index contributed by atoms with van der Waals surface area (Å²) in [7, 11) is -1.97. The van der Waals surface area contributed by atoms with E-state index in [9.17, 15) is 13.5 Å². The molecule has 1 N–H and O–H groups in total. The van der Waals surface area contributed by atoms with Crippen molar-refractivity contribution in [3.63, 3.8) is 0 Å². The van der Waals surface area contributed by atoms with Crippen LogP contribution in [0.4, 0.5) is 0 Å². The van der Waals surface area contributed by atoms with Crippen LogP contribution in [0.1, 0.15) is 35.4 Å². The monoisotopic (exact) mass is 468 g/mol. The second-order valence-corrected chi connectivity index (χ2v) is 10.7. The van der Waals surface area contributed by atoms with Crippen LogP contribution in [0.2, 0.25) is 0 Å². The van der Waals surface area contributed by atoms with Crippen molar-refractivity contribution in [1.29, 1.82) is 0 Å². The summed E-state index contributed by atoms with van der Waals surface area (Å²) in [5, 5.41) is 10.1.